The largest absolute Gasteiger partial charge is 0.397 e. The van der Waals surface area contributed by atoms with E-state index in [4.69, 9.17) is 51.1 Å². The van der Waals surface area contributed by atoms with Gasteiger partial charge in [-0.05, 0) is 24.7 Å². The molecular weight excluding hydrogens is 496 g/mol. The maximum absolute atomic E-state index is 8.47. The Morgan fingerprint density at radius 3 is 0.711 bits per heavy atom. The third kappa shape index (κ3) is 91.3. The Bertz CT molecular complexity index is 343. The second kappa shape index (κ2) is 38.7. The molecule has 10 nitrogen and oxygen atoms in total. The first-order valence-electron chi connectivity index (χ1n) is 13.3. The third-order valence-corrected chi connectivity index (χ3v) is 3.21. The molecule has 0 aromatic rings. The van der Waals surface area contributed by atoms with E-state index in [9.17, 15) is 0 Å². The summed E-state index contributed by atoms with van der Waals surface area (Å²) in [5, 5.41) is 82.2. The average molecular weight is 567 g/mol. The summed E-state index contributed by atoms with van der Waals surface area (Å²) in [4.78, 5) is 0. The highest BCUT2D eigenvalue weighted by molar-refractivity contribution is 4.69. The average Bonchev–Trinajstić information content (AvgIpc) is 2.88. The van der Waals surface area contributed by atoms with Crippen molar-refractivity contribution in [3.8, 4) is 0 Å². The maximum atomic E-state index is 8.47. The van der Waals surface area contributed by atoms with Gasteiger partial charge in [-0.3, -0.25) is 0 Å². The van der Waals surface area contributed by atoms with Crippen LogP contribution in [0.25, 0.3) is 0 Å². The topological polar surface area (TPSA) is 202 Å². The van der Waals surface area contributed by atoms with Gasteiger partial charge in [-0.15, -0.1) is 0 Å². The van der Waals surface area contributed by atoms with E-state index in [1.54, 1.807) is 34.6 Å². The fraction of sp³-hybridized carbons (Fsp3) is 1.00. The molecule has 0 bridgehead atoms. The molecule has 0 aliphatic rings. The lowest BCUT2D eigenvalue weighted by Gasteiger charge is -2.20. The minimum absolute atomic E-state index is 0.0451. The molecule has 0 atom stereocenters. The van der Waals surface area contributed by atoms with Gasteiger partial charge in [0.2, 0.25) is 0 Å². The number of hydrogen-bond acceptors (Lipinski definition) is 10. The van der Waals surface area contributed by atoms with Gasteiger partial charge >= 0.3 is 0 Å². The van der Waals surface area contributed by atoms with Crippen molar-refractivity contribution in [2.24, 2.45) is 28.1 Å². The highest BCUT2D eigenvalue weighted by atomic mass is 16.3. The Hall–Kier alpha value is -0.400. The van der Waals surface area contributed by atoms with Gasteiger partial charge in [0.05, 0.1) is 33.0 Å². The van der Waals surface area contributed by atoms with Crippen LogP contribution in [-0.4, -0.2) is 117 Å². The van der Waals surface area contributed by atoms with Crippen LogP contribution in [-0.2, 0) is 0 Å². The summed E-state index contributed by atoms with van der Waals surface area (Å²) in [6.07, 6.45) is 0.875. The lowest BCUT2D eigenvalue weighted by Crippen LogP contribution is -2.29. The van der Waals surface area contributed by atoms with E-state index in [0.29, 0.717) is 24.5 Å². The molecule has 0 spiro atoms. The SMILES string of the molecule is CC(C)(C)C.CC(C)(CO)CO.CC(C)CO.CC(CO)(CO)CO.CC(CO)CO.CCCO.CCO. The molecule has 0 aromatic carbocycles. The highest BCUT2D eigenvalue weighted by Crippen LogP contribution is 2.11. The highest BCUT2D eigenvalue weighted by Gasteiger charge is 2.20. The Kier molecular flexibility index (Phi) is 54.8. The molecule has 0 fully saturated rings. The van der Waals surface area contributed by atoms with Crippen LogP contribution < -0.4 is 0 Å². The Balaban J connectivity index is -0.0000000602. The Morgan fingerprint density at radius 2 is 0.711 bits per heavy atom. The van der Waals surface area contributed by atoms with Crippen LogP contribution in [0.2, 0.25) is 0 Å². The molecule has 242 valence electrons. The second-order valence-electron chi connectivity index (χ2n) is 11.9. The van der Waals surface area contributed by atoms with Crippen LogP contribution in [0.1, 0.15) is 89.5 Å². The zero-order valence-corrected chi connectivity index (χ0v) is 26.9. The van der Waals surface area contributed by atoms with E-state index in [0.717, 1.165) is 6.42 Å². The van der Waals surface area contributed by atoms with Crippen molar-refractivity contribution in [3.05, 3.63) is 0 Å². The summed E-state index contributed by atoms with van der Waals surface area (Å²) in [7, 11) is 0. The van der Waals surface area contributed by atoms with Gasteiger partial charge < -0.3 is 51.1 Å². The van der Waals surface area contributed by atoms with Crippen molar-refractivity contribution in [1.82, 2.24) is 0 Å². The molecule has 0 saturated carbocycles. The van der Waals surface area contributed by atoms with Crippen molar-refractivity contribution in [2.75, 3.05) is 66.1 Å². The van der Waals surface area contributed by atoms with Gasteiger partial charge in [0.15, 0.2) is 0 Å². The minimum atomic E-state index is -0.708. The van der Waals surface area contributed by atoms with E-state index in [1.807, 2.05) is 20.8 Å². The number of rotatable bonds is 9. The Morgan fingerprint density at radius 1 is 0.500 bits per heavy atom. The monoisotopic (exact) mass is 566 g/mol. The number of hydrogen-bond donors (Lipinski definition) is 10. The van der Waals surface area contributed by atoms with Crippen molar-refractivity contribution in [1.29, 1.82) is 0 Å². The van der Waals surface area contributed by atoms with Crippen LogP contribution >= 0.6 is 0 Å². The molecule has 0 aliphatic carbocycles. The van der Waals surface area contributed by atoms with E-state index >= 15 is 0 Å². The third-order valence-electron chi connectivity index (χ3n) is 3.21. The number of aliphatic hydroxyl groups is 10. The van der Waals surface area contributed by atoms with Crippen LogP contribution in [0.5, 0.6) is 0 Å². The van der Waals surface area contributed by atoms with E-state index in [1.165, 1.54) is 0 Å². The molecule has 0 rings (SSSR count). The summed E-state index contributed by atoms with van der Waals surface area (Å²) in [6.45, 7) is 23.9. The zero-order chi connectivity index (χ0) is 32.4. The first-order chi connectivity index (χ1) is 17.2. The summed E-state index contributed by atoms with van der Waals surface area (Å²) >= 11 is 0. The molecule has 0 unspecified atom stereocenters. The van der Waals surface area contributed by atoms with E-state index < -0.39 is 5.41 Å². The summed E-state index contributed by atoms with van der Waals surface area (Å²) in [5.74, 6) is 0.486. The van der Waals surface area contributed by atoms with Crippen LogP contribution in [0.3, 0.4) is 0 Å². The van der Waals surface area contributed by atoms with Crippen molar-refractivity contribution >= 4 is 0 Å². The quantitative estimate of drug-likeness (QED) is 0.195. The lowest BCUT2D eigenvalue weighted by molar-refractivity contribution is 0.0200. The fourth-order valence-electron chi connectivity index (χ4n) is 0.258. The van der Waals surface area contributed by atoms with E-state index in [2.05, 4.69) is 27.7 Å². The smallest absolute Gasteiger partial charge is 0.0528 e. The van der Waals surface area contributed by atoms with Gasteiger partial charge in [0, 0.05) is 49.8 Å². The van der Waals surface area contributed by atoms with Crippen LogP contribution in [0, 0.1) is 28.1 Å². The van der Waals surface area contributed by atoms with Crippen LogP contribution in [0.4, 0.5) is 0 Å². The molecule has 0 aromatic heterocycles. The summed E-state index contributed by atoms with van der Waals surface area (Å²) in [5.41, 5.74) is -0.514. The molecule has 10 heteroatoms. The molecular formula is C28H70O10. The van der Waals surface area contributed by atoms with Gasteiger partial charge in [0.1, 0.15) is 0 Å². The second-order valence-corrected chi connectivity index (χ2v) is 11.9. The zero-order valence-electron chi connectivity index (χ0n) is 26.9. The molecule has 0 aliphatic heterocycles. The molecule has 10 N–H and O–H groups in total. The summed E-state index contributed by atoms with van der Waals surface area (Å²) in [6, 6.07) is 0. The van der Waals surface area contributed by atoms with E-state index in [-0.39, 0.29) is 64.2 Å². The lowest BCUT2D eigenvalue weighted by atomic mass is 9.95. The van der Waals surface area contributed by atoms with Crippen molar-refractivity contribution in [3.63, 3.8) is 0 Å². The van der Waals surface area contributed by atoms with Crippen LogP contribution in [0.15, 0.2) is 0 Å². The minimum Gasteiger partial charge on any atom is -0.397 e. The Labute approximate surface area is 235 Å². The molecule has 0 radical (unpaired) electrons. The van der Waals surface area contributed by atoms with Gasteiger partial charge in [0.25, 0.3) is 0 Å². The van der Waals surface area contributed by atoms with Gasteiger partial charge in [-0.2, -0.15) is 0 Å². The van der Waals surface area contributed by atoms with Crippen molar-refractivity contribution < 1.29 is 51.1 Å². The van der Waals surface area contributed by atoms with Crippen molar-refractivity contribution in [2.45, 2.75) is 89.5 Å². The van der Waals surface area contributed by atoms with Gasteiger partial charge in [-0.25, -0.2) is 0 Å². The molecule has 38 heavy (non-hydrogen) atoms. The normalized spacial score (nSPS) is 10.4. The molecule has 0 heterocycles. The summed E-state index contributed by atoms with van der Waals surface area (Å²) < 4.78 is 0. The fourth-order valence-corrected chi connectivity index (χ4v) is 0.258. The molecule has 0 amide bonds. The first-order valence-corrected chi connectivity index (χ1v) is 13.3. The maximum Gasteiger partial charge on any atom is 0.0528 e. The molecule has 0 saturated heterocycles. The predicted molar refractivity (Wildman–Crippen MR) is 158 cm³/mol. The predicted octanol–water partition coefficient (Wildman–Crippen LogP) is 1.65. The standard InChI is InChI=1S/C5H12O3.C5H12O2.C5H12.C4H10O2.C4H10O.C3H8O.C2H6O/c1-5(2-6,3-7)4-8;1-5(2,3-6)4-7;1-5(2,3)4;1-4(2-5)3-6;1-4(2)3-5;1-2-3-4;1-2-3/h6-8H,2-4H2,1H3;6-7H,3-4H2,1-2H3;1-4H3;4-6H,2-3H2,1H3;4-5H,3H2,1-2H3;4H,2-3H2,1H3;3H,2H2,1H3. The first kappa shape index (κ1) is 53.8. The number of aliphatic hydroxyl groups excluding tert-OH is 10. The van der Waals surface area contributed by atoms with Gasteiger partial charge in [-0.1, -0.05) is 76.2 Å².